The molecule has 0 aliphatic carbocycles. The summed E-state index contributed by atoms with van der Waals surface area (Å²) in [5, 5.41) is 1.40. The van der Waals surface area contributed by atoms with Gasteiger partial charge in [-0.05, 0) is 162 Å². The van der Waals surface area contributed by atoms with Crippen LogP contribution in [0.25, 0.3) is 143 Å². The number of benzene rings is 11. The Kier molecular flexibility index (Phi) is 11.8. The second kappa shape index (κ2) is 30.5. The zero-order valence-electron chi connectivity index (χ0n) is 99.1. The first-order chi connectivity index (χ1) is 66.2. The molecule has 542 valence electrons. The third-order valence-electron chi connectivity index (χ3n) is 17.7. The zero-order chi connectivity index (χ0) is 106. The molecule has 0 unspecified atom stereocenters. The Labute approximate surface area is 736 Å². The molecule has 12 heteroatoms. The van der Waals surface area contributed by atoms with Crippen molar-refractivity contribution in [3.8, 4) is 33.8 Å². The molecular formula is C95H82Ir4N8-4. The van der Waals surface area contributed by atoms with E-state index in [4.69, 9.17) is 54.8 Å². The molecule has 0 N–H and O–H groups in total. The molecule has 19 rings (SSSR count). The van der Waals surface area contributed by atoms with Crippen LogP contribution in [0.4, 0.5) is 0 Å². The Balaban J connectivity index is 0.000000173. The van der Waals surface area contributed by atoms with Crippen LogP contribution in [0, 0.1) is 86.4 Å². The van der Waals surface area contributed by atoms with E-state index in [0.717, 1.165) is 21.1 Å². The summed E-state index contributed by atoms with van der Waals surface area (Å²) in [5.74, 6) is 0. The number of nitrogens with zero attached hydrogens (tertiary/aromatic N) is 8. The van der Waals surface area contributed by atoms with Crippen molar-refractivity contribution in [3.63, 3.8) is 0 Å². The molecule has 19 aromatic rings. The number of aryl methyl sites for hydroxylation is 2. The van der Waals surface area contributed by atoms with Crippen LogP contribution in [-0.2, 0) is 91.3 Å². The molecule has 0 saturated carbocycles. The molecule has 0 fully saturated rings. The molecular weight excluding hydrogens is 2020 g/mol. The van der Waals surface area contributed by atoms with Gasteiger partial charge < -0.3 is 17.6 Å². The maximum Gasteiger partial charge on any atom is 0.0853 e. The van der Waals surface area contributed by atoms with Crippen molar-refractivity contribution in [2.75, 3.05) is 0 Å². The number of imidazole rings is 4. The second-order valence-electron chi connectivity index (χ2n) is 26.8. The molecule has 107 heavy (non-hydrogen) atoms. The molecule has 0 atom stereocenters. The van der Waals surface area contributed by atoms with E-state index in [0.29, 0.717) is 38.9 Å². The smallest absolute Gasteiger partial charge is 0.0853 e. The monoisotopic (exact) mass is 2150 g/mol. The van der Waals surface area contributed by atoms with Gasteiger partial charge in [0.1, 0.15) is 0 Å². The zero-order valence-corrected chi connectivity index (χ0v) is 68.7. The van der Waals surface area contributed by atoms with Crippen LogP contribution in [0.1, 0.15) is 158 Å². The van der Waals surface area contributed by atoms with Crippen molar-refractivity contribution in [2.45, 2.75) is 115 Å². The van der Waals surface area contributed by atoms with Gasteiger partial charge >= 0.3 is 0 Å². The third-order valence-corrected chi connectivity index (χ3v) is 17.7. The van der Waals surface area contributed by atoms with Crippen molar-refractivity contribution in [1.29, 1.82) is 0 Å². The van der Waals surface area contributed by atoms with Gasteiger partial charge in [0.15, 0.2) is 0 Å². The number of hydrogen-bond donors (Lipinski definition) is 0. The summed E-state index contributed by atoms with van der Waals surface area (Å²) >= 11 is 0. The summed E-state index contributed by atoms with van der Waals surface area (Å²) in [6, 6.07) is 7.46. The number of pyridine rings is 4. The van der Waals surface area contributed by atoms with Gasteiger partial charge in [-0.1, -0.05) is 183 Å². The quantitative estimate of drug-likeness (QED) is 0.131. The molecule has 0 bridgehead atoms. The van der Waals surface area contributed by atoms with Gasteiger partial charge in [-0.2, -0.15) is 0 Å². The summed E-state index contributed by atoms with van der Waals surface area (Å²) < 4.78 is 343. The van der Waals surface area contributed by atoms with Crippen LogP contribution in [0.5, 0.6) is 0 Å². The number of rotatable bonds is 3. The van der Waals surface area contributed by atoms with Crippen molar-refractivity contribution >= 4 is 109 Å². The van der Waals surface area contributed by atoms with Crippen molar-refractivity contribution in [1.82, 2.24) is 37.5 Å². The number of fused-ring (bicyclic) bond motifs is 24. The topological polar surface area (TPSA) is 69.2 Å². The minimum absolute atomic E-state index is 0. The molecule has 8 aromatic heterocycles. The molecule has 4 radical (unpaired) electrons. The van der Waals surface area contributed by atoms with E-state index in [1.54, 1.807) is 25.2 Å². The van der Waals surface area contributed by atoms with Gasteiger partial charge in [0, 0.05) is 169 Å². The molecule has 0 aliphatic heterocycles. The van der Waals surface area contributed by atoms with Crippen molar-refractivity contribution in [2.24, 2.45) is 0 Å². The minimum Gasteiger partial charge on any atom is -0.340 e. The average Bonchev–Trinajstić information content (AvgIpc) is 1.59. The van der Waals surface area contributed by atoms with E-state index >= 15 is 0 Å². The first-order valence-electron chi connectivity index (χ1n) is 52.5. The fraction of sp³-hybridized carbons (Fsp3) is 0.179. The van der Waals surface area contributed by atoms with Crippen LogP contribution in [0.15, 0.2) is 224 Å². The Hall–Kier alpha value is -9.14. The van der Waals surface area contributed by atoms with Gasteiger partial charge in [-0.25, -0.2) is 0 Å². The molecule has 11 aromatic carbocycles. The molecule has 8 nitrogen and oxygen atoms in total. The maximum absolute atomic E-state index is 9.05. The van der Waals surface area contributed by atoms with Gasteiger partial charge in [0.25, 0.3) is 0 Å². The van der Waals surface area contributed by atoms with E-state index in [9.17, 15) is 0 Å². The van der Waals surface area contributed by atoms with Gasteiger partial charge in [-0.3, -0.25) is 19.9 Å². The third kappa shape index (κ3) is 13.7. The van der Waals surface area contributed by atoms with Crippen molar-refractivity contribution < 1.29 is 135 Å². The average molecular weight is 2140 g/mol. The Bertz CT molecular complexity index is 8950. The maximum atomic E-state index is 9.05. The minimum atomic E-state index is -3.23. The van der Waals surface area contributed by atoms with E-state index in [-0.39, 0.29) is 352 Å². The fourth-order valence-corrected chi connectivity index (χ4v) is 12.8. The number of hydrogen-bond acceptors (Lipinski definition) is 4. The molecule has 0 spiro atoms. The first-order valence-corrected chi connectivity index (χ1v) is 32.5. The Morgan fingerprint density at radius 1 is 0.355 bits per heavy atom. The van der Waals surface area contributed by atoms with Crippen molar-refractivity contribution in [3.05, 3.63) is 310 Å². The summed E-state index contributed by atoms with van der Waals surface area (Å²) in [6.45, 7) is 16.4. The van der Waals surface area contributed by atoms with Gasteiger partial charge in [0.05, 0.1) is 71.2 Å². The largest absolute Gasteiger partial charge is 0.340 e. The first kappa shape index (κ1) is 41.4. The summed E-state index contributed by atoms with van der Waals surface area (Å²) in [6.07, 6.45) is -1.68. The van der Waals surface area contributed by atoms with Crippen LogP contribution in [-0.4, -0.2) is 37.5 Å². The van der Waals surface area contributed by atoms with Crippen LogP contribution < -0.4 is 0 Å². The van der Waals surface area contributed by atoms with Crippen LogP contribution in [0.2, 0.25) is 0 Å². The van der Waals surface area contributed by atoms with E-state index in [1.807, 2.05) is 73.6 Å². The van der Waals surface area contributed by atoms with Gasteiger partial charge in [0.2, 0.25) is 0 Å². The van der Waals surface area contributed by atoms with Crippen LogP contribution >= 0.6 is 0 Å². The molecule has 0 aliphatic rings. The number of aromatic nitrogens is 8. The summed E-state index contributed by atoms with van der Waals surface area (Å²) in [7, 11) is 0. The predicted molar refractivity (Wildman–Crippen MR) is 433 cm³/mol. The fourth-order valence-electron chi connectivity index (χ4n) is 12.8. The molecule has 0 amide bonds. The summed E-state index contributed by atoms with van der Waals surface area (Å²) in [4.78, 5) is 17.1. The predicted octanol–water partition coefficient (Wildman–Crippen LogP) is 24.1. The van der Waals surface area contributed by atoms with Gasteiger partial charge in [-0.15, -0.1) is 118 Å². The Morgan fingerprint density at radius 3 is 1.15 bits per heavy atom. The van der Waals surface area contributed by atoms with Crippen LogP contribution in [0.3, 0.4) is 0 Å². The SMILES string of the molecule is [2H]c1[c-]c2c(c([2H])c1C(C)(C)C)c1c([2H])c(C(C)(C)C)c([2H])c([2H])c1n1c([2H])c([2H])nc21.[2H]c1[c-]c2c(c([2H])c1[2H])c1c([2H])c(C)c([2H])c([2H])c1n1c(-c3c(C([2H])([2H])[2H])c([2H])c([2H])c([2H])c3C([2H])([2H])[2H])c([2H])nc21.[2H]c1[c-]c2c(c([2H])c1[2H])c1c([2H])c(C)c([2H])c([2H])c1n1c(-c3c(C)c([2H])c([2H])c([2H])c3C)c([2H])nc21.[2H]c1[c-]c2c(c([2H])c1[2H])c1c([2H])c(C)c([2H])c([2H])c1n1c(-c3c(C)cccc3C)c([2H])nc21.[Ir].[Ir].[Ir].[Ir]. The van der Waals surface area contributed by atoms with E-state index in [1.165, 1.54) is 22.6 Å². The molecule has 8 heterocycles. The summed E-state index contributed by atoms with van der Waals surface area (Å²) in [5.41, 5.74) is 1.17. The second-order valence-corrected chi connectivity index (χ2v) is 26.8. The van der Waals surface area contributed by atoms with E-state index in [2.05, 4.69) is 44.2 Å². The van der Waals surface area contributed by atoms with E-state index < -0.39 is 107 Å². The molecule has 0 saturated heterocycles. The Morgan fingerprint density at radius 2 is 0.729 bits per heavy atom. The normalized spacial score (nSPS) is 17.1. The standard InChI is InChI=1S/3C24H19N2.C23H25N2.4Ir/c3*1-15-11-12-21-20(13-15)18-9-4-5-10-19(18)24-25-14-22(26(21)24)23-16(2)7-6-8-17(23)3;1-22(2,3)15-7-9-17-18(13-15)19-14-16(23(4,5)6)8-10-20(19)25-12-11-24-21(17)25;;;;/h3*4-9,11-14H,1-3H3;7-8,10-14H,1-6H3;;;;/q4*-1;;;;/i2D3,3D3,4D,5D,6D,7D,8D,9D,11D,12D,13D,14D;4D,5D,6D,7D,8D,9D,11D,12D,13D,14D;4D,5D,9D,11D,12D,13D,14D;7D,8D,10D,11D,12D,13D,14D;;;;.